The molecule has 0 radical (unpaired) electrons. The van der Waals surface area contributed by atoms with Gasteiger partial charge in [-0.15, -0.1) is 10.2 Å². The lowest BCUT2D eigenvalue weighted by Gasteiger charge is -2.22. The number of unbranched alkanes of at least 4 members (excludes halogenated alkanes) is 2. The Morgan fingerprint density at radius 1 is 1.02 bits per heavy atom. The van der Waals surface area contributed by atoms with E-state index in [1.807, 2.05) is 48.5 Å². The number of carbonyl (C=O) groups excluding carboxylic acids is 2. The van der Waals surface area contributed by atoms with E-state index in [4.69, 9.17) is 16.3 Å². The van der Waals surface area contributed by atoms with Crippen LogP contribution in [-0.2, 0) is 15.3 Å². The Hall–Kier alpha value is -3.18. The van der Waals surface area contributed by atoms with Gasteiger partial charge in [0, 0.05) is 20.8 Å². The molecule has 11 heteroatoms. The monoisotopic (exact) mass is 683 g/mol. The molecule has 1 aliphatic rings. The molecule has 1 aromatic heterocycles. The molecule has 1 unspecified atom stereocenters. The third kappa shape index (κ3) is 6.89. The molecule has 0 aliphatic carbocycles. The maximum Gasteiger partial charge on any atom is 0.301 e. The molecule has 1 saturated heterocycles. The molecule has 4 aromatic rings. The third-order valence-electron chi connectivity index (χ3n) is 6.65. The first-order valence-electron chi connectivity index (χ1n) is 13.4. The van der Waals surface area contributed by atoms with E-state index in [1.165, 1.54) is 28.0 Å². The summed E-state index contributed by atoms with van der Waals surface area (Å²) in [6.07, 6.45) is 3.15. The van der Waals surface area contributed by atoms with E-state index in [0.29, 0.717) is 38.6 Å². The molecule has 1 fully saturated rings. The van der Waals surface area contributed by atoms with Gasteiger partial charge in [0.1, 0.15) is 11.5 Å². The Kier molecular flexibility index (Phi) is 9.99. The van der Waals surface area contributed by atoms with Gasteiger partial charge in [-0.3, -0.25) is 14.5 Å². The largest absolute Gasteiger partial charge is 0.507 e. The van der Waals surface area contributed by atoms with Crippen LogP contribution in [0, 0.1) is 0 Å². The van der Waals surface area contributed by atoms with Crippen LogP contribution in [-0.4, -0.2) is 33.6 Å². The highest BCUT2D eigenvalue weighted by Gasteiger charge is 2.48. The maximum atomic E-state index is 13.5. The standard InChI is InChI=1S/C31H27BrClN3O4S2/c1-2-3-4-17-40-24-15-9-20(10-16-24)26-25(27(37)21-7-11-22(32)12-8-21)28(38)29(39)36(26)30-34-35-31(42-30)41-18-19-5-13-23(33)14-6-19/h5-16,26,37H,2-4,17-18H2,1H3/b27-25-. The van der Waals surface area contributed by atoms with Crippen molar-refractivity contribution in [1.82, 2.24) is 10.2 Å². The molecular weight excluding hydrogens is 658 g/mol. The van der Waals surface area contributed by atoms with Gasteiger partial charge in [-0.2, -0.15) is 0 Å². The fourth-order valence-corrected chi connectivity index (χ4v) is 6.69. The number of ketones is 1. The second-order valence-electron chi connectivity index (χ2n) is 9.57. The minimum absolute atomic E-state index is 0.00972. The first kappa shape index (κ1) is 30.3. The first-order valence-corrected chi connectivity index (χ1v) is 16.3. The van der Waals surface area contributed by atoms with Gasteiger partial charge in [-0.1, -0.05) is 107 Å². The van der Waals surface area contributed by atoms with Crippen molar-refractivity contribution >= 4 is 73.2 Å². The van der Waals surface area contributed by atoms with Crippen molar-refractivity contribution in [1.29, 1.82) is 0 Å². The molecule has 42 heavy (non-hydrogen) atoms. The summed E-state index contributed by atoms with van der Waals surface area (Å²) in [5.74, 6) is -0.487. The third-order valence-corrected chi connectivity index (χ3v) is 9.56. The smallest absolute Gasteiger partial charge is 0.301 e. The lowest BCUT2D eigenvalue weighted by atomic mass is 9.95. The van der Waals surface area contributed by atoms with Gasteiger partial charge in [0.05, 0.1) is 18.2 Å². The van der Waals surface area contributed by atoms with Crippen LogP contribution >= 0.6 is 50.6 Å². The zero-order valence-electron chi connectivity index (χ0n) is 22.6. The summed E-state index contributed by atoms with van der Waals surface area (Å²) >= 11 is 12.1. The Balaban J connectivity index is 1.48. The average Bonchev–Trinajstić information content (AvgIpc) is 3.57. The summed E-state index contributed by atoms with van der Waals surface area (Å²) in [4.78, 5) is 28.3. The summed E-state index contributed by atoms with van der Waals surface area (Å²) in [5, 5.41) is 20.8. The van der Waals surface area contributed by atoms with Crippen molar-refractivity contribution in [2.75, 3.05) is 11.5 Å². The number of amides is 1. The Labute approximate surface area is 265 Å². The first-order chi connectivity index (χ1) is 20.4. The number of rotatable bonds is 11. The van der Waals surface area contributed by atoms with E-state index < -0.39 is 17.7 Å². The molecule has 1 aliphatic heterocycles. The van der Waals surface area contributed by atoms with Crippen LogP contribution in [0.1, 0.15) is 48.9 Å². The molecule has 1 atom stereocenters. The molecule has 216 valence electrons. The number of aromatic nitrogens is 2. The molecular formula is C31H27BrClN3O4S2. The molecule has 5 rings (SSSR count). The SMILES string of the molecule is CCCCCOc1ccc(C2/C(=C(/O)c3ccc(Br)cc3)C(=O)C(=O)N2c2nnc(SCc3ccc(Cl)cc3)s2)cc1. The number of thioether (sulfide) groups is 1. The maximum absolute atomic E-state index is 13.5. The number of halogens is 2. The van der Waals surface area contributed by atoms with Crippen LogP contribution in [0.5, 0.6) is 5.75 Å². The number of anilines is 1. The van der Waals surface area contributed by atoms with Crippen LogP contribution in [0.15, 0.2) is 87.2 Å². The topological polar surface area (TPSA) is 92.6 Å². The highest BCUT2D eigenvalue weighted by Crippen LogP contribution is 2.44. The van der Waals surface area contributed by atoms with Crippen LogP contribution in [0.25, 0.3) is 5.76 Å². The average molecular weight is 685 g/mol. The molecule has 0 saturated carbocycles. The van der Waals surface area contributed by atoms with Gasteiger partial charge in [0.2, 0.25) is 5.13 Å². The molecule has 0 spiro atoms. The summed E-state index contributed by atoms with van der Waals surface area (Å²) in [6.45, 7) is 2.75. The molecule has 3 aromatic carbocycles. The molecule has 7 nitrogen and oxygen atoms in total. The molecule has 0 bridgehead atoms. The van der Waals surface area contributed by atoms with Crippen molar-refractivity contribution in [3.8, 4) is 5.75 Å². The van der Waals surface area contributed by atoms with E-state index in [2.05, 4.69) is 33.1 Å². The molecule has 1 amide bonds. The number of nitrogens with zero attached hydrogens (tertiary/aromatic N) is 3. The Morgan fingerprint density at radius 3 is 2.43 bits per heavy atom. The fourth-order valence-electron chi connectivity index (χ4n) is 4.48. The van der Waals surface area contributed by atoms with Crippen LogP contribution in [0.3, 0.4) is 0 Å². The van der Waals surface area contributed by atoms with Gasteiger partial charge < -0.3 is 9.84 Å². The number of aliphatic hydroxyl groups is 1. The van der Waals surface area contributed by atoms with E-state index in [1.54, 1.807) is 24.3 Å². The number of hydrogen-bond acceptors (Lipinski definition) is 8. The second-order valence-corrected chi connectivity index (χ2v) is 13.1. The van der Waals surface area contributed by atoms with E-state index >= 15 is 0 Å². The van der Waals surface area contributed by atoms with E-state index in [0.717, 1.165) is 29.3 Å². The van der Waals surface area contributed by atoms with Crippen LogP contribution < -0.4 is 9.64 Å². The minimum atomic E-state index is -0.898. The van der Waals surface area contributed by atoms with Crippen molar-refractivity contribution < 1.29 is 19.4 Å². The molecule has 2 heterocycles. The van der Waals surface area contributed by atoms with Crippen molar-refractivity contribution in [3.05, 3.63) is 105 Å². The number of hydrogen-bond donors (Lipinski definition) is 1. The van der Waals surface area contributed by atoms with Gasteiger partial charge >= 0.3 is 5.91 Å². The summed E-state index contributed by atoms with van der Waals surface area (Å²) < 4.78 is 7.33. The number of ether oxygens (including phenoxy) is 1. The predicted octanol–water partition coefficient (Wildman–Crippen LogP) is 8.44. The van der Waals surface area contributed by atoms with Gasteiger partial charge in [0.15, 0.2) is 4.34 Å². The van der Waals surface area contributed by atoms with Gasteiger partial charge in [-0.25, -0.2) is 0 Å². The normalized spacial score (nSPS) is 16.3. The lowest BCUT2D eigenvalue weighted by Crippen LogP contribution is -2.29. The Morgan fingerprint density at radius 2 is 1.74 bits per heavy atom. The number of aliphatic hydroxyl groups excluding tert-OH is 1. The van der Waals surface area contributed by atoms with Gasteiger partial charge in [0.25, 0.3) is 5.78 Å². The van der Waals surface area contributed by atoms with Crippen molar-refractivity contribution in [2.24, 2.45) is 0 Å². The second kappa shape index (κ2) is 13.9. The number of Topliss-reactive ketones (excluding diaryl/α,β-unsaturated/α-hetero) is 1. The zero-order chi connectivity index (χ0) is 29.6. The molecule has 1 N–H and O–H groups in total. The van der Waals surface area contributed by atoms with Gasteiger partial charge in [-0.05, 0) is 53.9 Å². The van der Waals surface area contributed by atoms with Crippen LogP contribution in [0.4, 0.5) is 5.13 Å². The lowest BCUT2D eigenvalue weighted by molar-refractivity contribution is -0.132. The quantitative estimate of drug-likeness (QED) is 0.0423. The predicted molar refractivity (Wildman–Crippen MR) is 171 cm³/mol. The van der Waals surface area contributed by atoms with E-state index in [-0.39, 0.29) is 16.5 Å². The van der Waals surface area contributed by atoms with Crippen molar-refractivity contribution in [2.45, 2.75) is 42.3 Å². The number of benzene rings is 3. The highest BCUT2D eigenvalue weighted by molar-refractivity contribution is 9.10. The fraction of sp³-hybridized carbons (Fsp3) is 0.226. The summed E-state index contributed by atoms with van der Waals surface area (Å²) in [7, 11) is 0. The van der Waals surface area contributed by atoms with Crippen molar-refractivity contribution in [3.63, 3.8) is 0 Å². The highest BCUT2D eigenvalue weighted by atomic mass is 79.9. The zero-order valence-corrected chi connectivity index (χ0v) is 26.6. The Bertz CT molecular complexity index is 1590. The van der Waals surface area contributed by atoms with Crippen LogP contribution in [0.2, 0.25) is 5.02 Å². The summed E-state index contributed by atoms with van der Waals surface area (Å²) in [5.41, 5.74) is 2.12. The van der Waals surface area contributed by atoms with E-state index in [9.17, 15) is 14.7 Å². The summed E-state index contributed by atoms with van der Waals surface area (Å²) in [6, 6.07) is 20.8. The minimum Gasteiger partial charge on any atom is -0.507 e. The number of carbonyl (C=O) groups is 2.